The van der Waals surface area contributed by atoms with Crippen molar-refractivity contribution in [3.8, 4) is 0 Å². The molecule has 1 aromatic carbocycles. The fourth-order valence-electron chi connectivity index (χ4n) is 3.16. The lowest BCUT2D eigenvalue weighted by Crippen LogP contribution is -2.56. The molecule has 1 rings (SSSR count). The molecule has 178 valence electrons. The first-order valence-electron chi connectivity index (χ1n) is 10.8. The summed E-state index contributed by atoms with van der Waals surface area (Å²) >= 11 is 0. The first kappa shape index (κ1) is 27.2. The number of nitrogens with one attached hydrogen (secondary N) is 2. The number of carbonyl (C=O) groups is 3. The molecule has 3 amide bonds. The van der Waals surface area contributed by atoms with E-state index in [1.54, 1.807) is 26.8 Å². The van der Waals surface area contributed by atoms with Crippen molar-refractivity contribution in [1.82, 2.24) is 15.5 Å². The van der Waals surface area contributed by atoms with E-state index in [1.807, 2.05) is 65.8 Å². The van der Waals surface area contributed by atoms with Crippen molar-refractivity contribution in [2.45, 2.75) is 85.0 Å². The Hall–Kier alpha value is -2.83. The molecule has 0 spiro atoms. The van der Waals surface area contributed by atoms with Crippen LogP contribution >= 0.6 is 0 Å². The number of nitrogens with zero attached hydrogens (tertiary/aromatic N) is 1. The standard InChI is InChI=1S/C25H39N3O4/c1-11-17-13-12-14-18(15-17)20(21(30)27-23(2,3)4)28(24(5,6)7)19(29)16-26-22(31)32-25(8,9)10/h11-15,20H,1,16H2,2-10H3,(H,26,31)(H,27,30). The molecule has 7 nitrogen and oxygen atoms in total. The molecule has 1 atom stereocenters. The summed E-state index contributed by atoms with van der Waals surface area (Å²) < 4.78 is 5.23. The molecule has 0 aliphatic carbocycles. The van der Waals surface area contributed by atoms with Crippen LogP contribution in [0, 0.1) is 0 Å². The monoisotopic (exact) mass is 445 g/mol. The van der Waals surface area contributed by atoms with Gasteiger partial charge in [-0.3, -0.25) is 9.59 Å². The second kappa shape index (κ2) is 10.2. The molecular weight excluding hydrogens is 406 g/mol. The summed E-state index contributed by atoms with van der Waals surface area (Å²) in [7, 11) is 0. The molecular formula is C25H39N3O4. The zero-order valence-electron chi connectivity index (χ0n) is 21.0. The van der Waals surface area contributed by atoms with Crippen LogP contribution in [0.1, 0.15) is 79.5 Å². The maximum atomic E-state index is 13.4. The highest BCUT2D eigenvalue weighted by Crippen LogP contribution is 2.30. The van der Waals surface area contributed by atoms with Crippen LogP contribution in [0.15, 0.2) is 30.8 Å². The Morgan fingerprint density at radius 1 is 1.06 bits per heavy atom. The summed E-state index contributed by atoms with van der Waals surface area (Å²) in [6.45, 7) is 20.0. The molecule has 0 saturated carbocycles. The number of hydrogen-bond acceptors (Lipinski definition) is 4. The van der Waals surface area contributed by atoms with E-state index in [1.165, 1.54) is 4.90 Å². The van der Waals surface area contributed by atoms with Crippen LogP contribution < -0.4 is 10.6 Å². The van der Waals surface area contributed by atoms with Crippen LogP contribution in [0.5, 0.6) is 0 Å². The number of rotatable bonds is 6. The van der Waals surface area contributed by atoms with Crippen molar-refractivity contribution < 1.29 is 19.1 Å². The van der Waals surface area contributed by atoms with Crippen LogP contribution in [0.4, 0.5) is 4.79 Å². The largest absolute Gasteiger partial charge is 0.444 e. The summed E-state index contributed by atoms with van der Waals surface area (Å²) in [5.74, 6) is -0.708. The Labute approximate surface area is 192 Å². The third-order valence-electron chi connectivity index (χ3n) is 4.24. The van der Waals surface area contributed by atoms with E-state index >= 15 is 0 Å². The molecule has 0 aliphatic rings. The number of ether oxygens (including phenoxy) is 1. The third kappa shape index (κ3) is 8.73. The van der Waals surface area contributed by atoms with Gasteiger partial charge in [-0.25, -0.2) is 4.79 Å². The predicted octanol–water partition coefficient (Wildman–Crippen LogP) is 4.44. The summed E-state index contributed by atoms with van der Waals surface area (Å²) in [5.41, 5.74) is -0.394. The van der Waals surface area contributed by atoms with Gasteiger partial charge in [0.15, 0.2) is 0 Å². The van der Waals surface area contributed by atoms with Gasteiger partial charge in [0, 0.05) is 11.1 Å². The van der Waals surface area contributed by atoms with Crippen LogP contribution in [-0.4, -0.2) is 46.0 Å². The molecule has 0 aromatic heterocycles. The zero-order valence-corrected chi connectivity index (χ0v) is 21.0. The van der Waals surface area contributed by atoms with Crippen LogP contribution in [-0.2, 0) is 14.3 Å². The number of carbonyl (C=O) groups excluding carboxylic acids is 3. The number of hydrogen-bond donors (Lipinski definition) is 2. The van der Waals surface area contributed by atoms with Gasteiger partial charge >= 0.3 is 6.09 Å². The third-order valence-corrected chi connectivity index (χ3v) is 4.24. The molecule has 1 unspecified atom stereocenters. The van der Waals surface area contributed by atoms with Gasteiger partial charge in [0.05, 0.1) is 0 Å². The van der Waals surface area contributed by atoms with Crippen molar-refractivity contribution in [2.24, 2.45) is 0 Å². The minimum absolute atomic E-state index is 0.299. The van der Waals surface area contributed by atoms with Gasteiger partial charge in [0.1, 0.15) is 18.2 Å². The van der Waals surface area contributed by atoms with Crippen LogP contribution in [0.25, 0.3) is 6.08 Å². The lowest BCUT2D eigenvalue weighted by Gasteiger charge is -2.42. The molecule has 7 heteroatoms. The van der Waals surface area contributed by atoms with Gasteiger partial charge in [0.2, 0.25) is 11.8 Å². The highest BCUT2D eigenvalue weighted by atomic mass is 16.6. The molecule has 0 bridgehead atoms. The van der Waals surface area contributed by atoms with E-state index in [0.717, 1.165) is 5.56 Å². The lowest BCUT2D eigenvalue weighted by molar-refractivity contribution is -0.146. The maximum absolute atomic E-state index is 13.4. The topological polar surface area (TPSA) is 87.7 Å². The van der Waals surface area contributed by atoms with E-state index in [-0.39, 0.29) is 12.5 Å². The van der Waals surface area contributed by atoms with Gasteiger partial charge in [-0.2, -0.15) is 0 Å². The predicted molar refractivity (Wildman–Crippen MR) is 128 cm³/mol. The Bertz CT molecular complexity index is 842. The molecule has 0 radical (unpaired) electrons. The quantitative estimate of drug-likeness (QED) is 0.678. The molecule has 32 heavy (non-hydrogen) atoms. The minimum Gasteiger partial charge on any atom is -0.444 e. The highest BCUT2D eigenvalue weighted by molar-refractivity contribution is 5.91. The Kier molecular flexibility index (Phi) is 8.66. The van der Waals surface area contributed by atoms with Crippen molar-refractivity contribution in [3.05, 3.63) is 42.0 Å². The normalized spacial score (nSPS) is 13.0. The lowest BCUT2D eigenvalue weighted by atomic mass is 9.94. The number of benzene rings is 1. The minimum atomic E-state index is -0.901. The smallest absolute Gasteiger partial charge is 0.408 e. The van der Waals surface area contributed by atoms with Gasteiger partial charge in [-0.15, -0.1) is 0 Å². The molecule has 0 heterocycles. The van der Waals surface area contributed by atoms with Crippen molar-refractivity contribution in [1.29, 1.82) is 0 Å². The summed E-state index contributed by atoms with van der Waals surface area (Å²) in [6, 6.07) is 6.46. The van der Waals surface area contributed by atoms with Crippen LogP contribution in [0.2, 0.25) is 0 Å². The first-order chi connectivity index (χ1) is 14.4. The van der Waals surface area contributed by atoms with Gasteiger partial charge in [0.25, 0.3) is 0 Å². The Morgan fingerprint density at radius 2 is 1.66 bits per heavy atom. The Morgan fingerprint density at radius 3 is 2.12 bits per heavy atom. The second-order valence-electron chi connectivity index (χ2n) is 10.8. The fraction of sp³-hybridized carbons (Fsp3) is 0.560. The zero-order chi connectivity index (χ0) is 24.9. The second-order valence-corrected chi connectivity index (χ2v) is 10.8. The fourth-order valence-corrected chi connectivity index (χ4v) is 3.16. The molecule has 0 aliphatic heterocycles. The van der Waals surface area contributed by atoms with E-state index in [0.29, 0.717) is 5.56 Å². The average molecular weight is 446 g/mol. The maximum Gasteiger partial charge on any atom is 0.408 e. The van der Waals surface area contributed by atoms with Crippen molar-refractivity contribution in [2.75, 3.05) is 6.54 Å². The highest BCUT2D eigenvalue weighted by Gasteiger charge is 2.39. The van der Waals surface area contributed by atoms with Crippen molar-refractivity contribution in [3.63, 3.8) is 0 Å². The molecule has 0 fully saturated rings. The van der Waals surface area contributed by atoms with E-state index in [4.69, 9.17) is 4.74 Å². The number of alkyl carbamates (subject to hydrolysis) is 1. The average Bonchev–Trinajstić information content (AvgIpc) is 2.60. The van der Waals surface area contributed by atoms with Gasteiger partial charge in [-0.1, -0.05) is 30.9 Å². The van der Waals surface area contributed by atoms with Crippen LogP contribution in [0.3, 0.4) is 0 Å². The summed E-state index contributed by atoms with van der Waals surface area (Å²) in [4.78, 5) is 40.4. The van der Waals surface area contributed by atoms with Gasteiger partial charge in [-0.05, 0) is 79.5 Å². The molecule has 0 saturated heterocycles. The van der Waals surface area contributed by atoms with Crippen molar-refractivity contribution >= 4 is 24.0 Å². The van der Waals surface area contributed by atoms with E-state index in [9.17, 15) is 14.4 Å². The SMILES string of the molecule is C=Cc1cccc(C(C(=O)NC(C)(C)C)N(C(=O)CNC(=O)OC(C)(C)C)C(C)(C)C)c1. The van der Waals surface area contributed by atoms with Gasteiger partial charge < -0.3 is 20.3 Å². The molecule has 2 N–H and O–H groups in total. The van der Waals surface area contributed by atoms with E-state index < -0.39 is 34.7 Å². The molecule has 1 aromatic rings. The summed E-state index contributed by atoms with van der Waals surface area (Å²) in [6.07, 6.45) is 0.999. The first-order valence-corrected chi connectivity index (χ1v) is 10.8. The number of amides is 3. The summed E-state index contributed by atoms with van der Waals surface area (Å²) in [5, 5.41) is 5.50. The van der Waals surface area contributed by atoms with E-state index in [2.05, 4.69) is 17.2 Å². The Balaban J connectivity index is 3.37.